The minimum Gasteiger partial charge on any atom is -0.338 e. The molecule has 0 aliphatic carbocycles. The summed E-state index contributed by atoms with van der Waals surface area (Å²) in [5.74, 6) is -0.833. The quantitative estimate of drug-likeness (QED) is 0.908. The van der Waals surface area contributed by atoms with Gasteiger partial charge in [-0.05, 0) is 74.2 Å². The van der Waals surface area contributed by atoms with Gasteiger partial charge in [0.15, 0.2) is 0 Å². The van der Waals surface area contributed by atoms with Gasteiger partial charge in [-0.3, -0.25) is 9.59 Å². The first-order valence-corrected chi connectivity index (χ1v) is 8.86. The number of amides is 2. The Bertz CT molecular complexity index is 797. The fourth-order valence-electron chi connectivity index (χ4n) is 3.44. The standard InChI is InChI=1S/C21H23FN2O2/c1-14-10-15(2)12-19(11-14)23-20(25)17-4-3-9-24(13-17)21(26)16-5-7-18(22)8-6-16/h5-8,10-12,17H,3-4,9,13H2,1-2H3,(H,23,25). The number of hydrogen-bond acceptors (Lipinski definition) is 2. The van der Waals surface area contributed by atoms with E-state index in [1.165, 1.54) is 24.3 Å². The average molecular weight is 354 g/mol. The molecule has 1 aliphatic heterocycles. The molecule has 0 saturated carbocycles. The smallest absolute Gasteiger partial charge is 0.253 e. The summed E-state index contributed by atoms with van der Waals surface area (Å²) in [6.45, 7) is 4.98. The van der Waals surface area contributed by atoms with Crippen molar-refractivity contribution in [2.75, 3.05) is 18.4 Å². The maximum absolute atomic E-state index is 13.0. The fourth-order valence-corrected chi connectivity index (χ4v) is 3.44. The monoisotopic (exact) mass is 354 g/mol. The number of carbonyl (C=O) groups excluding carboxylic acids is 2. The Morgan fingerprint density at radius 2 is 1.73 bits per heavy atom. The van der Waals surface area contributed by atoms with E-state index in [1.807, 2.05) is 26.0 Å². The van der Waals surface area contributed by atoms with Gasteiger partial charge in [-0.25, -0.2) is 4.39 Å². The van der Waals surface area contributed by atoms with Gasteiger partial charge in [-0.1, -0.05) is 6.07 Å². The zero-order chi connectivity index (χ0) is 18.7. The summed E-state index contributed by atoms with van der Waals surface area (Å²) in [6.07, 6.45) is 1.53. The van der Waals surface area contributed by atoms with E-state index < -0.39 is 0 Å². The lowest BCUT2D eigenvalue weighted by molar-refractivity contribution is -0.121. The number of carbonyl (C=O) groups is 2. The Morgan fingerprint density at radius 3 is 2.38 bits per heavy atom. The highest BCUT2D eigenvalue weighted by Crippen LogP contribution is 2.21. The van der Waals surface area contributed by atoms with E-state index in [2.05, 4.69) is 11.4 Å². The molecule has 0 aromatic heterocycles. The van der Waals surface area contributed by atoms with Crippen LogP contribution in [0.2, 0.25) is 0 Å². The van der Waals surface area contributed by atoms with Crippen LogP contribution >= 0.6 is 0 Å². The molecular formula is C21H23FN2O2. The number of hydrogen-bond donors (Lipinski definition) is 1. The van der Waals surface area contributed by atoms with Crippen molar-refractivity contribution in [2.45, 2.75) is 26.7 Å². The molecule has 5 heteroatoms. The third-order valence-electron chi connectivity index (χ3n) is 4.66. The van der Waals surface area contributed by atoms with E-state index in [-0.39, 0.29) is 23.5 Å². The van der Waals surface area contributed by atoms with Crippen LogP contribution < -0.4 is 5.32 Å². The lowest BCUT2D eigenvalue weighted by Gasteiger charge is -2.32. The van der Waals surface area contributed by atoms with Crippen LogP contribution in [0.25, 0.3) is 0 Å². The molecule has 1 heterocycles. The van der Waals surface area contributed by atoms with Crippen molar-refractivity contribution in [3.63, 3.8) is 0 Å². The van der Waals surface area contributed by atoms with Gasteiger partial charge in [0.25, 0.3) is 5.91 Å². The van der Waals surface area contributed by atoms with Crippen molar-refractivity contribution in [1.82, 2.24) is 4.90 Å². The molecular weight excluding hydrogens is 331 g/mol. The van der Waals surface area contributed by atoms with Crippen LogP contribution in [0.15, 0.2) is 42.5 Å². The summed E-state index contributed by atoms with van der Waals surface area (Å²) in [4.78, 5) is 26.9. The van der Waals surface area contributed by atoms with Crippen molar-refractivity contribution in [1.29, 1.82) is 0 Å². The summed E-state index contributed by atoms with van der Waals surface area (Å²) < 4.78 is 13.0. The minimum absolute atomic E-state index is 0.0633. The van der Waals surface area contributed by atoms with E-state index >= 15 is 0 Å². The Kier molecular flexibility index (Phi) is 5.35. The van der Waals surface area contributed by atoms with Gasteiger partial charge < -0.3 is 10.2 Å². The van der Waals surface area contributed by atoms with Gasteiger partial charge in [0.1, 0.15) is 5.82 Å². The highest BCUT2D eigenvalue weighted by molar-refractivity contribution is 5.96. The molecule has 0 spiro atoms. The number of halogens is 1. The molecule has 136 valence electrons. The molecule has 1 atom stereocenters. The third kappa shape index (κ3) is 4.28. The number of benzene rings is 2. The second-order valence-electron chi connectivity index (χ2n) is 6.96. The number of nitrogens with zero attached hydrogens (tertiary/aromatic N) is 1. The van der Waals surface area contributed by atoms with Crippen molar-refractivity contribution in [3.8, 4) is 0 Å². The average Bonchev–Trinajstić information content (AvgIpc) is 2.61. The van der Waals surface area contributed by atoms with Crippen LogP contribution in [-0.2, 0) is 4.79 Å². The normalized spacial score (nSPS) is 17.0. The third-order valence-corrected chi connectivity index (χ3v) is 4.66. The molecule has 0 bridgehead atoms. The Labute approximate surface area is 153 Å². The molecule has 1 saturated heterocycles. The van der Waals surface area contributed by atoms with Gasteiger partial charge in [-0.15, -0.1) is 0 Å². The number of likely N-dealkylation sites (tertiary alicyclic amines) is 1. The van der Waals surface area contributed by atoms with Gasteiger partial charge in [0.2, 0.25) is 5.91 Å². The Balaban J connectivity index is 1.66. The second kappa shape index (κ2) is 7.68. The van der Waals surface area contributed by atoms with Gasteiger partial charge in [-0.2, -0.15) is 0 Å². The molecule has 2 amide bonds. The van der Waals surface area contributed by atoms with E-state index in [4.69, 9.17) is 0 Å². The summed E-state index contributed by atoms with van der Waals surface area (Å²) in [5.41, 5.74) is 3.42. The topological polar surface area (TPSA) is 49.4 Å². The first-order chi connectivity index (χ1) is 12.4. The zero-order valence-corrected chi connectivity index (χ0v) is 15.1. The maximum atomic E-state index is 13.0. The number of anilines is 1. The molecule has 2 aromatic rings. The van der Waals surface area contributed by atoms with Crippen molar-refractivity contribution in [2.24, 2.45) is 5.92 Å². The number of piperidine rings is 1. The fraction of sp³-hybridized carbons (Fsp3) is 0.333. The molecule has 26 heavy (non-hydrogen) atoms. The maximum Gasteiger partial charge on any atom is 0.253 e. The van der Waals surface area contributed by atoms with Crippen LogP contribution in [0.3, 0.4) is 0 Å². The Morgan fingerprint density at radius 1 is 1.08 bits per heavy atom. The number of rotatable bonds is 3. The summed E-state index contributed by atoms with van der Waals surface area (Å²) in [6, 6.07) is 11.5. The molecule has 1 aliphatic rings. The van der Waals surface area contributed by atoms with Gasteiger partial charge in [0, 0.05) is 24.3 Å². The second-order valence-corrected chi connectivity index (χ2v) is 6.96. The molecule has 1 fully saturated rings. The minimum atomic E-state index is -0.370. The van der Waals surface area contributed by atoms with Crippen molar-refractivity contribution < 1.29 is 14.0 Å². The molecule has 4 nitrogen and oxygen atoms in total. The summed E-state index contributed by atoms with van der Waals surface area (Å²) in [5, 5.41) is 2.97. The number of nitrogens with one attached hydrogen (secondary N) is 1. The molecule has 2 aromatic carbocycles. The molecule has 1 N–H and O–H groups in total. The van der Waals surface area contributed by atoms with Crippen molar-refractivity contribution >= 4 is 17.5 Å². The first-order valence-electron chi connectivity index (χ1n) is 8.86. The van der Waals surface area contributed by atoms with Crippen LogP contribution in [-0.4, -0.2) is 29.8 Å². The van der Waals surface area contributed by atoms with Crippen LogP contribution in [0.1, 0.15) is 34.3 Å². The van der Waals surface area contributed by atoms with Crippen LogP contribution in [0.4, 0.5) is 10.1 Å². The van der Waals surface area contributed by atoms with Gasteiger partial charge >= 0.3 is 0 Å². The van der Waals surface area contributed by atoms with E-state index in [0.717, 1.165) is 29.7 Å². The van der Waals surface area contributed by atoms with Crippen molar-refractivity contribution in [3.05, 3.63) is 65.0 Å². The van der Waals surface area contributed by atoms with E-state index in [0.29, 0.717) is 18.7 Å². The van der Waals surface area contributed by atoms with Crippen LogP contribution in [0.5, 0.6) is 0 Å². The van der Waals surface area contributed by atoms with Crippen LogP contribution in [0, 0.1) is 25.6 Å². The van der Waals surface area contributed by atoms with Gasteiger partial charge in [0.05, 0.1) is 5.92 Å². The lowest BCUT2D eigenvalue weighted by atomic mass is 9.96. The highest BCUT2D eigenvalue weighted by atomic mass is 19.1. The molecule has 1 unspecified atom stereocenters. The SMILES string of the molecule is Cc1cc(C)cc(NC(=O)C2CCCN(C(=O)c3ccc(F)cc3)C2)c1. The lowest BCUT2D eigenvalue weighted by Crippen LogP contribution is -2.43. The molecule has 0 radical (unpaired) electrons. The predicted molar refractivity (Wildman–Crippen MR) is 99.6 cm³/mol. The largest absolute Gasteiger partial charge is 0.338 e. The first kappa shape index (κ1) is 18.1. The molecule has 3 rings (SSSR count). The Hall–Kier alpha value is -2.69. The summed E-state index contributed by atoms with van der Waals surface area (Å²) in [7, 11) is 0. The predicted octanol–water partition coefficient (Wildman–Crippen LogP) is 3.93. The van der Waals surface area contributed by atoms with E-state index in [9.17, 15) is 14.0 Å². The van der Waals surface area contributed by atoms with E-state index in [1.54, 1.807) is 4.90 Å². The zero-order valence-electron chi connectivity index (χ0n) is 15.1. The summed E-state index contributed by atoms with van der Waals surface area (Å²) >= 11 is 0. The number of aryl methyl sites for hydroxylation is 2. The highest BCUT2D eigenvalue weighted by Gasteiger charge is 2.29.